The lowest BCUT2D eigenvalue weighted by molar-refractivity contribution is 0.354. The molecule has 3 aromatic rings. The van der Waals surface area contributed by atoms with Crippen LogP contribution in [0, 0.1) is 6.92 Å². The number of nitrogens with zero attached hydrogens (tertiary/aromatic N) is 3. The summed E-state index contributed by atoms with van der Waals surface area (Å²) in [5.41, 5.74) is 10.3. The molecule has 0 saturated carbocycles. The lowest BCUT2D eigenvalue weighted by atomic mass is 10.0. The first-order valence-electron chi connectivity index (χ1n) is 9.55. The molecule has 0 amide bonds. The molecule has 1 atom stereocenters. The zero-order valence-corrected chi connectivity index (χ0v) is 16.6. The van der Waals surface area contributed by atoms with Gasteiger partial charge in [-0.3, -0.25) is 0 Å². The monoisotopic (exact) mass is 378 g/mol. The van der Waals surface area contributed by atoms with Gasteiger partial charge in [0, 0.05) is 12.5 Å². The summed E-state index contributed by atoms with van der Waals surface area (Å²) in [7, 11) is 3.26. The topological polar surface area (TPSA) is 75.2 Å². The fraction of sp³-hybridized carbons (Fsp3) is 0.364. The second kappa shape index (κ2) is 7.64. The molecule has 0 spiro atoms. The second-order valence-electron chi connectivity index (χ2n) is 7.28. The maximum atomic E-state index is 6.53. The van der Waals surface area contributed by atoms with E-state index >= 15 is 0 Å². The Bertz CT molecular complexity index is 957. The summed E-state index contributed by atoms with van der Waals surface area (Å²) in [6, 6.07) is 14.5. The average Bonchev–Trinajstić information content (AvgIpc) is 3.30. The van der Waals surface area contributed by atoms with Gasteiger partial charge in [0.05, 0.1) is 20.3 Å². The molecule has 2 aromatic carbocycles. The van der Waals surface area contributed by atoms with Crippen molar-refractivity contribution >= 4 is 0 Å². The summed E-state index contributed by atoms with van der Waals surface area (Å²) in [5.74, 6) is 3.09. The van der Waals surface area contributed by atoms with E-state index in [9.17, 15) is 0 Å². The van der Waals surface area contributed by atoms with Crippen LogP contribution in [0.15, 0.2) is 42.5 Å². The van der Waals surface area contributed by atoms with Gasteiger partial charge in [0.15, 0.2) is 11.5 Å². The van der Waals surface area contributed by atoms with Crippen LogP contribution in [0.1, 0.15) is 40.4 Å². The van der Waals surface area contributed by atoms with Gasteiger partial charge in [0.25, 0.3) is 0 Å². The third-order valence-corrected chi connectivity index (χ3v) is 5.42. The van der Waals surface area contributed by atoms with Gasteiger partial charge in [-0.05, 0) is 48.6 Å². The van der Waals surface area contributed by atoms with Gasteiger partial charge >= 0.3 is 0 Å². The Morgan fingerprint density at radius 1 is 1.07 bits per heavy atom. The van der Waals surface area contributed by atoms with Crippen LogP contribution in [0.3, 0.4) is 0 Å². The van der Waals surface area contributed by atoms with E-state index in [1.54, 1.807) is 14.2 Å². The number of hydrogen-bond donors (Lipinski definition) is 1. The minimum atomic E-state index is -0.203. The number of hydrogen-bond acceptors (Lipinski definition) is 5. The first kappa shape index (κ1) is 18.5. The molecule has 1 aliphatic carbocycles. The fourth-order valence-electron chi connectivity index (χ4n) is 4.01. The van der Waals surface area contributed by atoms with Crippen LogP contribution >= 0.6 is 0 Å². The quantitative estimate of drug-likeness (QED) is 0.713. The third-order valence-electron chi connectivity index (χ3n) is 5.42. The number of methoxy groups -OCH3 is 2. The van der Waals surface area contributed by atoms with E-state index < -0.39 is 0 Å². The van der Waals surface area contributed by atoms with Crippen molar-refractivity contribution in [3.05, 3.63) is 70.8 Å². The SMILES string of the molecule is COc1ccc(C(N)Cc2nc(C)nn2C2Cc3ccccc3C2)cc1OC. The Hall–Kier alpha value is -2.86. The van der Waals surface area contributed by atoms with Gasteiger partial charge in [-0.2, -0.15) is 5.10 Å². The molecule has 6 nitrogen and oxygen atoms in total. The van der Waals surface area contributed by atoms with Crippen LogP contribution in [0.25, 0.3) is 0 Å². The minimum Gasteiger partial charge on any atom is -0.493 e. The third kappa shape index (κ3) is 3.47. The molecule has 0 saturated heterocycles. The first-order valence-corrected chi connectivity index (χ1v) is 9.55. The molecule has 1 unspecified atom stereocenters. The zero-order chi connectivity index (χ0) is 19.7. The number of ether oxygens (including phenoxy) is 2. The molecule has 1 aromatic heterocycles. The molecule has 6 heteroatoms. The van der Waals surface area contributed by atoms with Crippen LogP contribution in [0.4, 0.5) is 0 Å². The number of benzene rings is 2. The second-order valence-corrected chi connectivity index (χ2v) is 7.28. The van der Waals surface area contributed by atoms with E-state index in [0.29, 0.717) is 24.0 Å². The minimum absolute atomic E-state index is 0.203. The highest BCUT2D eigenvalue weighted by Gasteiger charge is 2.26. The Balaban J connectivity index is 1.56. The van der Waals surface area contributed by atoms with Crippen LogP contribution in [-0.4, -0.2) is 29.0 Å². The summed E-state index contributed by atoms with van der Waals surface area (Å²) in [6.45, 7) is 1.93. The van der Waals surface area contributed by atoms with Gasteiger partial charge < -0.3 is 15.2 Å². The van der Waals surface area contributed by atoms with E-state index in [1.165, 1.54) is 11.1 Å². The van der Waals surface area contributed by atoms with Gasteiger partial charge in [0.2, 0.25) is 0 Å². The number of rotatable bonds is 6. The highest BCUT2D eigenvalue weighted by Crippen LogP contribution is 2.32. The largest absolute Gasteiger partial charge is 0.493 e. The Morgan fingerprint density at radius 2 is 1.75 bits per heavy atom. The fourth-order valence-corrected chi connectivity index (χ4v) is 4.01. The molecule has 1 aliphatic rings. The van der Waals surface area contributed by atoms with Gasteiger partial charge in [-0.1, -0.05) is 30.3 Å². The van der Waals surface area contributed by atoms with Crippen molar-refractivity contribution in [3.63, 3.8) is 0 Å². The van der Waals surface area contributed by atoms with Gasteiger partial charge in [0.1, 0.15) is 11.6 Å². The van der Waals surface area contributed by atoms with Gasteiger partial charge in [-0.15, -0.1) is 0 Å². The lowest BCUT2D eigenvalue weighted by Crippen LogP contribution is -2.20. The Labute approximate surface area is 165 Å². The van der Waals surface area contributed by atoms with Crippen molar-refractivity contribution in [2.75, 3.05) is 14.2 Å². The molecule has 0 bridgehead atoms. The van der Waals surface area contributed by atoms with E-state index in [-0.39, 0.29) is 6.04 Å². The molecule has 0 radical (unpaired) electrons. The van der Waals surface area contributed by atoms with Crippen LogP contribution < -0.4 is 15.2 Å². The van der Waals surface area contributed by atoms with E-state index in [1.807, 2.05) is 25.1 Å². The van der Waals surface area contributed by atoms with E-state index in [2.05, 4.69) is 39.0 Å². The van der Waals surface area contributed by atoms with Crippen molar-refractivity contribution in [1.82, 2.24) is 14.8 Å². The molecule has 0 fully saturated rings. The lowest BCUT2D eigenvalue weighted by Gasteiger charge is -2.17. The zero-order valence-electron chi connectivity index (χ0n) is 16.6. The molecule has 4 rings (SSSR count). The van der Waals surface area contributed by atoms with Crippen LogP contribution in [-0.2, 0) is 19.3 Å². The molecule has 0 aliphatic heterocycles. The van der Waals surface area contributed by atoms with E-state index in [0.717, 1.165) is 30.1 Å². The maximum absolute atomic E-state index is 6.53. The molecule has 146 valence electrons. The number of aromatic nitrogens is 3. The van der Waals surface area contributed by atoms with E-state index in [4.69, 9.17) is 15.2 Å². The molecule has 2 N–H and O–H groups in total. The maximum Gasteiger partial charge on any atom is 0.161 e. The first-order chi connectivity index (χ1) is 13.6. The van der Waals surface area contributed by atoms with Crippen LogP contribution in [0.5, 0.6) is 11.5 Å². The smallest absolute Gasteiger partial charge is 0.161 e. The van der Waals surface area contributed by atoms with Gasteiger partial charge in [-0.25, -0.2) is 9.67 Å². The highest BCUT2D eigenvalue weighted by molar-refractivity contribution is 5.44. The standard InChI is InChI=1S/C22H26N4O2/c1-14-24-22(13-19(23)17-8-9-20(27-2)21(12-17)28-3)26(25-14)18-10-15-6-4-5-7-16(15)11-18/h4-9,12,18-19H,10-11,13,23H2,1-3H3. The predicted octanol–water partition coefficient (Wildman–Crippen LogP) is 3.19. The van der Waals surface area contributed by atoms with Crippen molar-refractivity contribution in [3.8, 4) is 11.5 Å². The number of nitrogens with two attached hydrogens (primary N) is 1. The molecular formula is C22H26N4O2. The Morgan fingerprint density at radius 3 is 2.39 bits per heavy atom. The molecule has 28 heavy (non-hydrogen) atoms. The van der Waals surface area contributed by atoms with Crippen LogP contribution in [0.2, 0.25) is 0 Å². The number of aryl methyl sites for hydroxylation is 1. The summed E-state index contributed by atoms with van der Waals surface area (Å²) in [5, 5.41) is 4.69. The highest BCUT2D eigenvalue weighted by atomic mass is 16.5. The summed E-state index contributed by atoms with van der Waals surface area (Å²) >= 11 is 0. The number of fused-ring (bicyclic) bond motifs is 1. The van der Waals surface area contributed by atoms with Crippen molar-refractivity contribution < 1.29 is 9.47 Å². The van der Waals surface area contributed by atoms with Crippen molar-refractivity contribution in [2.24, 2.45) is 5.73 Å². The summed E-state index contributed by atoms with van der Waals surface area (Å²) in [6.07, 6.45) is 2.58. The normalized spacial score (nSPS) is 14.7. The summed E-state index contributed by atoms with van der Waals surface area (Å²) in [4.78, 5) is 4.68. The predicted molar refractivity (Wildman–Crippen MR) is 108 cm³/mol. The molecule has 1 heterocycles. The molecular weight excluding hydrogens is 352 g/mol. The average molecular weight is 378 g/mol. The summed E-state index contributed by atoms with van der Waals surface area (Å²) < 4.78 is 12.8. The Kier molecular flexibility index (Phi) is 5.05. The van der Waals surface area contributed by atoms with Crippen molar-refractivity contribution in [1.29, 1.82) is 0 Å². The van der Waals surface area contributed by atoms with Crippen molar-refractivity contribution in [2.45, 2.75) is 38.3 Å².